The topological polar surface area (TPSA) is 35.6 Å². The van der Waals surface area contributed by atoms with Gasteiger partial charge in [0.25, 0.3) is 0 Å². The highest BCUT2D eigenvalue weighted by atomic mass is 35.5. The van der Waals surface area contributed by atoms with Crippen LogP contribution in [0.5, 0.6) is 0 Å². The number of anilines is 1. The fraction of sp³-hybridized carbons (Fsp3) is 0.278. The number of hydrogen-bond acceptors (Lipinski definition) is 2. The van der Waals surface area contributed by atoms with Crippen molar-refractivity contribution in [3.63, 3.8) is 0 Å². The molecule has 0 radical (unpaired) electrons. The third-order valence-corrected chi connectivity index (χ3v) is 4.30. The normalized spacial score (nSPS) is 10.8. The molecule has 0 atom stereocenters. The van der Waals surface area contributed by atoms with Crippen LogP contribution in [-0.4, -0.2) is 43.0 Å². The summed E-state index contributed by atoms with van der Waals surface area (Å²) >= 11 is 11.9. The molecule has 0 bridgehead atoms. The first kappa shape index (κ1) is 19.5. The zero-order valence-electron chi connectivity index (χ0n) is 14.1. The van der Waals surface area contributed by atoms with E-state index in [4.69, 9.17) is 23.2 Å². The van der Waals surface area contributed by atoms with Crippen LogP contribution in [0.15, 0.2) is 42.5 Å². The molecule has 0 aliphatic rings. The van der Waals surface area contributed by atoms with E-state index < -0.39 is 0 Å². The summed E-state index contributed by atoms with van der Waals surface area (Å²) in [4.78, 5) is 16.3. The minimum Gasteiger partial charge on any atom is -0.319 e. The molecule has 25 heavy (non-hydrogen) atoms. The van der Waals surface area contributed by atoms with Crippen LogP contribution in [0.25, 0.3) is 0 Å². The van der Waals surface area contributed by atoms with Gasteiger partial charge in [0.15, 0.2) is 0 Å². The van der Waals surface area contributed by atoms with E-state index in [1.54, 1.807) is 35.2 Å². The zero-order chi connectivity index (χ0) is 18.4. The van der Waals surface area contributed by atoms with Crippen molar-refractivity contribution in [3.8, 4) is 0 Å². The summed E-state index contributed by atoms with van der Waals surface area (Å²) in [7, 11) is 3.87. The van der Waals surface area contributed by atoms with Crippen LogP contribution in [0.1, 0.15) is 5.56 Å². The molecule has 7 heteroatoms. The molecule has 0 aliphatic heterocycles. The van der Waals surface area contributed by atoms with E-state index in [0.29, 0.717) is 35.4 Å². The van der Waals surface area contributed by atoms with Gasteiger partial charge in [-0.15, -0.1) is 0 Å². The van der Waals surface area contributed by atoms with Crippen LogP contribution in [0.3, 0.4) is 0 Å². The minimum absolute atomic E-state index is 0.260. The summed E-state index contributed by atoms with van der Waals surface area (Å²) in [6, 6.07) is 10.8. The van der Waals surface area contributed by atoms with Gasteiger partial charge in [-0.25, -0.2) is 9.18 Å². The van der Waals surface area contributed by atoms with Gasteiger partial charge in [0.05, 0.1) is 10.0 Å². The van der Waals surface area contributed by atoms with Crippen molar-refractivity contribution in [2.75, 3.05) is 32.5 Å². The van der Waals surface area contributed by atoms with Crippen molar-refractivity contribution < 1.29 is 9.18 Å². The van der Waals surface area contributed by atoms with Crippen molar-refractivity contribution >= 4 is 34.9 Å². The molecule has 2 aromatic carbocycles. The van der Waals surface area contributed by atoms with E-state index in [1.165, 1.54) is 12.1 Å². The Kier molecular flexibility index (Phi) is 7.05. The lowest BCUT2D eigenvalue weighted by molar-refractivity contribution is 0.202. The third kappa shape index (κ3) is 6.20. The molecule has 134 valence electrons. The number of rotatable bonds is 6. The highest BCUT2D eigenvalue weighted by Crippen LogP contribution is 2.25. The first-order valence-corrected chi connectivity index (χ1v) is 8.51. The Morgan fingerprint density at radius 2 is 1.72 bits per heavy atom. The van der Waals surface area contributed by atoms with E-state index in [0.717, 1.165) is 5.56 Å². The molecule has 2 rings (SSSR count). The molecule has 0 unspecified atom stereocenters. The van der Waals surface area contributed by atoms with Crippen molar-refractivity contribution in [1.29, 1.82) is 0 Å². The van der Waals surface area contributed by atoms with Crippen molar-refractivity contribution in [2.24, 2.45) is 0 Å². The molecular weight excluding hydrogens is 364 g/mol. The van der Waals surface area contributed by atoms with Gasteiger partial charge in [0.1, 0.15) is 5.82 Å². The van der Waals surface area contributed by atoms with Crippen LogP contribution in [0, 0.1) is 5.82 Å². The van der Waals surface area contributed by atoms with E-state index in [-0.39, 0.29) is 11.8 Å². The Labute approximate surface area is 157 Å². The Morgan fingerprint density at radius 3 is 2.32 bits per heavy atom. The Balaban J connectivity index is 2.10. The van der Waals surface area contributed by atoms with E-state index in [1.807, 2.05) is 19.0 Å². The fourth-order valence-corrected chi connectivity index (χ4v) is 2.46. The number of nitrogens with one attached hydrogen (secondary N) is 1. The Hall–Kier alpha value is -1.82. The predicted molar refractivity (Wildman–Crippen MR) is 101 cm³/mol. The molecular formula is C18H20Cl2FN3O. The minimum atomic E-state index is -0.302. The summed E-state index contributed by atoms with van der Waals surface area (Å²) in [6.07, 6.45) is 0. The van der Waals surface area contributed by atoms with Gasteiger partial charge in [-0.05, 0) is 50.0 Å². The lowest BCUT2D eigenvalue weighted by Crippen LogP contribution is -2.39. The molecule has 2 amide bonds. The fourth-order valence-electron chi connectivity index (χ4n) is 2.16. The molecule has 0 aromatic heterocycles. The van der Waals surface area contributed by atoms with E-state index in [9.17, 15) is 9.18 Å². The van der Waals surface area contributed by atoms with Gasteiger partial charge in [0.2, 0.25) is 0 Å². The maximum Gasteiger partial charge on any atom is 0.322 e. The molecule has 2 aromatic rings. The number of benzene rings is 2. The van der Waals surface area contributed by atoms with Gasteiger partial charge in [-0.2, -0.15) is 0 Å². The third-order valence-electron chi connectivity index (χ3n) is 3.56. The smallest absolute Gasteiger partial charge is 0.319 e. The maximum atomic E-state index is 13.1. The molecule has 0 saturated carbocycles. The van der Waals surface area contributed by atoms with Crippen molar-refractivity contribution in [1.82, 2.24) is 9.80 Å². The SMILES string of the molecule is CN(C)CCN(Cc1ccc(F)cc1)C(=O)Nc1ccc(Cl)c(Cl)c1. The largest absolute Gasteiger partial charge is 0.322 e. The van der Waals surface area contributed by atoms with Crippen molar-refractivity contribution in [2.45, 2.75) is 6.54 Å². The first-order valence-electron chi connectivity index (χ1n) is 7.75. The van der Waals surface area contributed by atoms with Crippen LogP contribution < -0.4 is 5.32 Å². The lowest BCUT2D eigenvalue weighted by Gasteiger charge is -2.25. The Morgan fingerprint density at radius 1 is 1.04 bits per heavy atom. The average Bonchev–Trinajstić information content (AvgIpc) is 2.56. The lowest BCUT2D eigenvalue weighted by atomic mass is 10.2. The number of likely N-dealkylation sites (N-methyl/N-ethyl adjacent to an activating group) is 1. The van der Waals surface area contributed by atoms with Gasteiger partial charge < -0.3 is 15.1 Å². The number of urea groups is 1. The van der Waals surface area contributed by atoms with Crippen molar-refractivity contribution in [3.05, 3.63) is 63.9 Å². The summed E-state index contributed by atoms with van der Waals surface area (Å²) in [6.45, 7) is 1.61. The highest BCUT2D eigenvalue weighted by molar-refractivity contribution is 6.42. The summed E-state index contributed by atoms with van der Waals surface area (Å²) in [5, 5.41) is 3.62. The second kappa shape index (κ2) is 9.04. The van der Waals surface area contributed by atoms with Gasteiger partial charge in [-0.1, -0.05) is 35.3 Å². The number of carbonyl (C=O) groups excluding carboxylic acids is 1. The molecule has 0 aliphatic carbocycles. The van der Waals surface area contributed by atoms with Crippen LogP contribution in [-0.2, 0) is 6.54 Å². The highest BCUT2D eigenvalue weighted by Gasteiger charge is 2.15. The second-order valence-corrected chi connectivity index (χ2v) is 6.72. The average molecular weight is 384 g/mol. The molecule has 0 spiro atoms. The molecule has 0 heterocycles. The summed E-state index contributed by atoms with van der Waals surface area (Å²) in [5.74, 6) is -0.302. The molecule has 1 N–H and O–H groups in total. The standard InChI is InChI=1S/C18H20Cl2FN3O/c1-23(2)9-10-24(12-13-3-5-14(21)6-4-13)18(25)22-15-7-8-16(19)17(20)11-15/h3-8,11H,9-10,12H2,1-2H3,(H,22,25). The molecule has 4 nitrogen and oxygen atoms in total. The van der Waals surface area contributed by atoms with Gasteiger partial charge in [-0.3, -0.25) is 0 Å². The van der Waals surface area contributed by atoms with Gasteiger partial charge >= 0.3 is 6.03 Å². The number of amides is 2. The monoisotopic (exact) mass is 383 g/mol. The maximum absolute atomic E-state index is 13.1. The Bertz CT molecular complexity index is 723. The summed E-state index contributed by atoms with van der Waals surface area (Å²) < 4.78 is 13.1. The van der Waals surface area contributed by atoms with Crippen LogP contribution >= 0.6 is 23.2 Å². The van der Waals surface area contributed by atoms with E-state index >= 15 is 0 Å². The zero-order valence-corrected chi connectivity index (χ0v) is 15.6. The van der Waals surface area contributed by atoms with Gasteiger partial charge in [0, 0.05) is 25.3 Å². The number of carbonyl (C=O) groups is 1. The number of hydrogen-bond donors (Lipinski definition) is 1. The molecule has 0 fully saturated rings. The van der Waals surface area contributed by atoms with Crippen LogP contribution in [0.4, 0.5) is 14.9 Å². The first-order chi connectivity index (χ1) is 11.8. The number of halogens is 3. The molecule has 0 saturated heterocycles. The second-order valence-electron chi connectivity index (χ2n) is 5.91. The van der Waals surface area contributed by atoms with Crippen LogP contribution in [0.2, 0.25) is 10.0 Å². The predicted octanol–water partition coefficient (Wildman–Crippen LogP) is 4.73. The van der Waals surface area contributed by atoms with E-state index in [2.05, 4.69) is 5.32 Å². The quantitative estimate of drug-likeness (QED) is 0.782. The number of nitrogens with zero attached hydrogens (tertiary/aromatic N) is 2. The summed E-state index contributed by atoms with van der Waals surface area (Å²) in [5.41, 5.74) is 1.41.